The van der Waals surface area contributed by atoms with Crippen LogP contribution in [0.4, 0.5) is 0 Å². The average molecular weight is 647 g/mol. The van der Waals surface area contributed by atoms with Gasteiger partial charge >= 0.3 is 0 Å². The van der Waals surface area contributed by atoms with Gasteiger partial charge in [-0.3, -0.25) is 0 Å². The van der Waals surface area contributed by atoms with Crippen LogP contribution in [0.1, 0.15) is 103 Å². The van der Waals surface area contributed by atoms with Crippen LogP contribution in [0.2, 0.25) is 92.7 Å². The van der Waals surface area contributed by atoms with E-state index in [1.54, 1.807) is 29.5 Å². The highest BCUT2D eigenvalue weighted by molar-refractivity contribution is 7.29. The summed E-state index contributed by atoms with van der Waals surface area (Å²) in [5.74, 6) is 1.77. The highest BCUT2D eigenvalue weighted by atomic mass is 28.9. The maximum absolute atomic E-state index is 2.83. The zero-order valence-corrected chi connectivity index (χ0v) is 36.9. The average Bonchev–Trinajstić information content (AvgIpc) is 3.11. The summed E-state index contributed by atoms with van der Waals surface area (Å²) in [5, 5.41) is 1.95. The van der Waals surface area contributed by atoms with E-state index in [-0.39, 0.29) is 0 Å². The third-order valence-electron chi connectivity index (χ3n) is 11.1. The molecule has 0 radical (unpaired) electrons. The first-order valence-corrected chi connectivity index (χ1v) is 34.7. The minimum Gasteiger partial charge on any atom is -0.0694 e. The molecule has 0 spiro atoms. The first kappa shape index (κ1) is 36.7. The Morgan fingerprint density at radius 1 is 0.550 bits per heavy atom. The predicted octanol–water partition coefficient (Wildman–Crippen LogP) is 11.5. The first-order chi connectivity index (χ1) is 17.7. The van der Waals surface area contributed by atoms with Crippen molar-refractivity contribution in [2.45, 2.75) is 179 Å². The molecule has 2 rings (SSSR count). The number of hydrogen-bond acceptors (Lipinski definition) is 0. The van der Waals surface area contributed by atoms with Crippen LogP contribution in [0.15, 0.2) is 12.1 Å². The van der Waals surface area contributed by atoms with Crippen molar-refractivity contribution in [2.75, 3.05) is 0 Å². The molecule has 1 saturated heterocycles. The normalized spacial score (nSPS) is 18.6. The van der Waals surface area contributed by atoms with E-state index < -0.39 is 48.1 Å². The van der Waals surface area contributed by atoms with Crippen LogP contribution >= 0.6 is 0 Å². The Hall–Kier alpha value is 0.521. The van der Waals surface area contributed by atoms with E-state index in [0.29, 0.717) is 26.3 Å². The fraction of sp³-hybridized carbons (Fsp3) is 0.824. The summed E-state index contributed by atoms with van der Waals surface area (Å²) >= 11 is 0. The van der Waals surface area contributed by atoms with E-state index in [4.69, 9.17) is 0 Å². The van der Waals surface area contributed by atoms with Gasteiger partial charge in [-0.25, -0.2) is 0 Å². The van der Waals surface area contributed by atoms with Gasteiger partial charge in [-0.2, -0.15) is 0 Å². The molecular formula is C34H70Si6. The summed E-state index contributed by atoms with van der Waals surface area (Å²) < 4.78 is 1.37. The molecule has 1 aliphatic rings. The second-order valence-corrected chi connectivity index (χ2v) is 51.3. The van der Waals surface area contributed by atoms with Gasteiger partial charge in [-0.05, 0) is 61.6 Å². The van der Waals surface area contributed by atoms with Crippen molar-refractivity contribution in [1.82, 2.24) is 0 Å². The number of benzene rings is 1. The van der Waals surface area contributed by atoms with Gasteiger partial charge in [-0.15, -0.1) is 0 Å². The maximum Gasteiger partial charge on any atom is 0.0481 e. The quantitative estimate of drug-likeness (QED) is 0.234. The molecule has 0 atom stereocenters. The fourth-order valence-corrected chi connectivity index (χ4v) is 77.6. The SMILES string of the molecule is CC(C)c1cc(C(C)C)c([Si](C(C)C)=[Si]2C([Si](C)(C)C)([Si](C)(C)C)CCC2([Si](C)(C)C)[Si](C)(C)C)c(C(C)C)c1. The minimum absolute atomic E-state index is 0.588. The maximum atomic E-state index is 2.83. The second kappa shape index (κ2) is 11.8. The first-order valence-electron chi connectivity index (χ1n) is 16.6. The van der Waals surface area contributed by atoms with Crippen molar-refractivity contribution in [1.29, 1.82) is 0 Å². The van der Waals surface area contributed by atoms with E-state index in [1.807, 2.05) is 5.19 Å². The van der Waals surface area contributed by atoms with Crippen LogP contribution < -0.4 is 5.19 Å². The lowest BCUT2D eigenvalue weighted by Gasteiger charge is -2.59. The summed E-state index contributed by atoms with van der Waals surface area (Å²) in [4.78, 5) is 0. The van der Waals surface area contributed by atoms with Crippen molar-refractivity contribution in [2.24, 2.45) is 0 Å². The van der Waals surface area contributed by atoms with E-state index >= 15 is 0 Å². The molecule has 0 amide bonds. The molecule has 0 aliphatic carbocycles. The summed E-state index contributed by atoms with van der Waals surface area (Å²) in [6.45, 7) is 54.2. The molecule has 1 fully saturated rings. The summed E-state index contributed by atoms with van der Waals surface area (Å²) in [6.07, 6.45) is 3.14. The Morgan fingerprint density at radius 2 is 0.850 bits per heavy atom. The Labute approximate surface area is 259 Å². The minimum atomic E-state index is -1.50. The van der Waals surface area contributed by atoms with Crippen molar-refractivity contribution >= 4 is 53.3 Å². The van der Waals surface area contributed by atoms with Crippen molar-refractivity contribution in [3.63, 3.8) is 0 Å². The van der Waals surface area contributed by atoms with Gasteiger partial charge in [0.15, 0.2) is 0 Å². The van der Waals surface area contributed by atoms with E-state index in [0.717, 1.165) is 5.54 Å². The van der Waals surface area contributed by atoms with Crippen molar-refractivity contribution in [3.05, 3.63) is 28.8 Å². The monoisotopic (exact) mass is 646 g/mol. The van der Waals surface area contributed by atoms with Crippen LogP contribution in [-0.4, -0.2) is 48.1 Å². The highest BCUT2D eigenvalue weighted by Crippen LogP contribution is 2.69. The van der Waals surface area contributed by atoms with E-state index in [9.17, 15) is 0 Å². The van der Waals surface area contributed by atoms with Crippen molar-refractivity contribution in [3.8, 4) is 0 Å². The lowest BCUT2D eigenvalue weighted by molar-refractivity contribution is 0.763. The van der Waals surface area contributed by atoms with Crippen LogP contribution in [0, 0.1) is 0 Å². The van der Waals surface area contributed by atoms with Gasteiger partial charge in [0.1, 0.15) is 0 Å². The second-order valence-electron chi connectivity index (χ2n) is 18.8. The molecule has 0 saturated carbocycles. The Morgan fingerprint density at radius 3 is 1.05 bits per heavy atom. The molecule has 0 aromatic heterocycles. The van der Waals surface area contributed by atoms with E-state index in [1.165, 1.54) is 0 Å². The Balaban J connectivity index is 3.55. The fourth-order valence-electron chi connectivity index (χ4n) is 9.67. The summed E-state index contributed by atoms with van der Waals surface area (Å²) in [6, 6.07) is 5.41. The molecule has 0 nitrogen and oxygen atoms in total. The topological polar surface area (TPSA) is 0 Å². The van der Waals surface area contributed by atoms with Gasteiger partial charge in [0.25, 0.3) is 0 Å². The number of hydrogen-bond donors (Lipinski definition) is 0. The molecule has 40 heavy (non-hydrogen) atoms. The molecule has 1 heterocycles. The lowest BCUT2D eigenvalue weighted by Crippen LogP contribution is -2.68. The zero-order chi connectivity index (χ0) is 31.6. The smallest absolute Gasteiger partial charge is 0.0481 e. The van der Waals surface area contributed by atoms with Crippen LogP contribution in [0.25, 0.3) is 0 Å². The van der Waals surface area contributed by atoms with Crippen molar-refractivity contribution < 1.29 is 0 Å². The van der Waals surface area contributed by atoms with Gasteiger partial charge in [-0.1, -0.05) is 159 Å². The van der Waals surface area contributed by atoms with Crippen LogP contribution in [0.3, 0.4) is 0 Å². The highest BCUT2D eigenvalue weighted by Gasteiger charge is 2.70. The molecule has 1 aliphatic heterocycles. The zero-order valence-electron chi connectivity index (χ0n) is 30.9. The Bertz CT molecular complexity index is 996. The number of rotatable bonds is 9. The molecule has 6 heteroatoms. The standard InChI is InChI=1S/C34H70Si6/c1-25(2)29-23-30(26(3)4)32(31(24-29)27(5)6)35(28(7)8)36-33(37(9,10)11,38(12,13)14)21-22-34(36,39(15,16)17)40(18,19)20/h23-28H,21-22H2,1-20H3. The molecule has 0 N–H and O–H groups in total. The molecule has 1 aromatic carbocycles. The molecular weight excluding hydrogens is 577 g/mol. The third kappa shape index (κ3) is 5.94. The molecule has 230 valence electrons. The Kier molecular flexibility index (Phi) is 10.8. The summed E-state index contributed by atoms with van der Waals surface area (Å²) in [5.41, 5.74) is 5.87. The van der Waals surface area contributed by atoms with Gasteiger partial charge in [0.2, 0.25) is 0 Å². The summed E-state index contributed by atoms with van der Waals surface area (Å²) in [7, 11) is -7.54. The molecule has 0 unspecified atom stereocenters. The molecule has 0 bridgehead atoms. The van der Waals surface area contributed by atoms with Gasteiger partial charge in [0.05, 0.1) is 0 Å². The third-order valence-corrected chi connectivity index (χ3v) is 58.0. The molecule has 1 aromatic rings. The lowest BCUT2D eigenvalue weighted by atomic mass is 9.89. The predicted molar refractivity (Wildman–Crippen MR) is 203 cm³/mol. The van der Waals surface area contributed by atoms with Gasteiger partial charge in [0, 0.05) is 40.2 Å². The van der Waals surface area contributed by atoms with Gasteiger partial charge < -0.3 is 0 Å². The largest absolute Gasteiger partial charge is 0.0694 e. The van der Waals surface area contributed by atoms with E-state index in [2.05, 4.69) is 146 Å². The van der Waals surface area contributed by atoms with Crippen LogP contribution in [0.5, 0.6) is 0 Å². The van der Waals surface area contributed by atoms with Crippen LogP contribution in [-0.2, 0) is 0 Å².